The number of anilines is 1. The highest BCUT2D eigenvalue weighted by Crippen LogP contribution is 2.35. The van der Waals surface area contributed by atoms with E-state index in [-0.39, 0.29) is 27.1 Å². The van der Waals surface area contributed by atoms with Gasteiger partial charge in [0.15, 0.2) is 0 Å². The van der Waals surface area contributed by atoms with E-state index in [2.05, 4.69) is 15.9 Å². The Hall–Kier alpha value is -0.230. The van der Waals surface area contributed by atoms with Gasteiger partial charge in [0.2, 0.25) is 0 Å². The standard InChI is InChI=1S/C7H5BrF3N.BrH/c8-6-2-1-4(12)3-5(6)7(9,10)11;/h1-3H,12H2;1H. The summed E-state index contributed by atoms with van der Waals surface area (Å²) in [6.07, 6.45) is -4.35. The number of hydrogen-bond acceptors (Lipinski definition) is 1. The van der Waals surface area contributed by atoms with E-state index in [9.17, 15) is 13.2 Å². The lowest BCUT2D eigenvalue weighted by atomic mass is 10.2. The maximum Gasteiger partial charge on any atom is 0.417 e. The third-order valence-electron chi connectivity index (χ3n) is 1.30. The lowest BCUT2D eigenvalue weighted by Crippen LogP contribution is -2.06. The van der Waals surface area contributed by atoms with Crippen molar-refractivity contribution >= 4 is 38.6 Å². The van der Waals surface area contributed by atoms with Gasteiger partial charge in [-0.3, -0.25) is 0 Å². The topological polar surface area (TPSA) is 26.0 Å². The Bertz CT molecular complexity index is 298. The van der Waals surface area contributed by atoms with Crippen LogP contribution in [-0.4, -0.2) is 0 Å². The van der Waals surface area contributed by atoms with Gasteiger partial charge in [-0.1, -0.05) is 15.9 Å². The summed E-state index contributed by atoms with van der Waals surface area (Å²) in [6, 6.07) is 3.57. The minimum absolute atomic E-state index is 0. The molecule has 2 N–H and O–H groups in total. The van der Waals surface area contributed by atoms with E-state index in [0.717, 1.165) is 6.07 Å². The molecule has 13 heavy (non-hydrogen) atoms. The fourth-order valence-electron chi connectivity index (χ4n) is 0.760. The number of nitrogen functional groups attached to an aromatic ring is 1. The number of rotatable bonds is 0. The molecule has 0 spiro atoms. The van der Waals surface area contributed by atoms with Crippen molar-refractivity contribution in [2.45, 2.75) is 6.18 Å². The second-order valence-electron chi connectivity index (χ2n) is 2.24. The molecule has 0 aliphatic rings. The molecule has 0 heterocycles. The Morgan fingerprint density at radius 3 is 2.15 bits per heavy atom. The van der Waals surface area contributed by atoms with Gasteiger partial charge >= 0.3 is 6.18 Å². The van der Waals surface area contributed by atoms with Gasteiger partial charge in [0.25, 0.3) is 0 Å². The van der Waals surface area contributed by atoms with E-state index in [1.807, 2.05) is 0 Å². The van der Waals surface area contributed by atoms with Crippen LogP contribution in [0.15, 0.2) is 22.7 Å². The van der Waals surface area contributed by atoms with E-state index in [1.54, 1.807) is 0 Å². The molecule has 0 fully saturated rings. The molecule has 1 aromatic rings. The SMILES string of the molecule is Br.Nc1ccc(Br)c(C(F)(F)F)c1. The molecule has 0 amide bonds. The van der Waals surface area contributed by atoms with Crippen molar-refractivity contribution in [1.82, 2.24) is 0 Å². The van der Waals surface area contributed by atoms with Crippen LogP contribution in [0.4, 0.5) is 18.9 Å². The summed E-state index contributed by atoms with van der Waals surface area (Å²) in [5.41, 5.74) is 4.56. The van der Waals surface area contributed by atoms with Crippen LogP contribution in [0, 0.1) is 0 Å². The lowest BCUT2D eigenvalue weighted by Gasteiger charge is -2.08. The molecule has 0 radical (unpaired) electrons. The van der Waals surface area contributed by atoms with Gasteiger partial charge in [-0.25, -0.2) is 0 Å². The third kappa shape index (κ3) is 3.19. The molecule has 0 aromatic heterocycles. The number of alkyl halides is 3. The van der Waals surface area contributed by atoms with Crippen LogP contribution < -0.4 is 5.73 Å². The molecule has 1 aromatic carbocycles. The zero-order valence-corrected chi connectivity index (χ0v) is 9.53. The summed E-state index contributed by atoms with van der Waals surface area (Å²) in [5.74, 6) is 0. The minimum Gasteiger partial charge on any atom is -0.399 e. The number of benzene rings is 1. The van der Waals surface area contributed by atoms with Crippen molar-refractivity contribution in [3.8, 4) is 0 Å². The van der Waals surface area contributed by atoms with Crippen molar-refractivity contribution in [3.05, 3.63) is 28.2 Å². The molecule has 0 bridgehead atoms. The fourth-order valence-corrected chi connectivity index (χ4v) is 1.23. The maximum absolute atomic E-state index is 12.1. The van der Waals surface area contributed by atoms with Gasteiger partial charge in [-0.15, -0.1) is 17.0 Å². The highest BCUT2D eigenvalue weighted by molar-refractivity contribution is 9.10. The summed E-state index contributed by atoms with van der Waals surface area (Å²) in [7, 11) is 0. The second-order valence-corrected chi connectivity index (χ2v) is 3.09. The Morgan fingerprint density at radius 2 is 1.77 bits per heavy atom. The van der Waals surface area contributed by atoms with Gasteiger partial charge in [0.05, 0.1) is 5.56 Å². The van der Waals surface area contributed by atoms with Gasteiger partial charge in [-0.2, -0.15) is 13.2 Å². The fraction of sp³-hybridized carbons (Fsp3) is 0.143. The predicted molar refractivity (Wildman–Crippen MR) is 53.9 cm³/mol. The van der Waals surface area contributed by atoms with Crippen LogP contribution >= 0.6 is 32.9 Å². The lowest BCUT2D eigenvalue weighted by molar-refractivity contribution is -0.138. The van der Waals surface area contributed by atoms with Crippen molar-refractivity contribution < 1.29 is 13.2 Å². The first-order valence-electron chi connectivity index (χ1n) is 3.03. The Kier molecular flexibility index (Phi) is 4.25. The molecule has 6 heteroatoms. The Balaban J connectivity index is 0.00000144. The summed E-state index contributed by atoms with van der Waals surface area (Å²) < 4.78 is 36.4. The van der Waals surface area contributed by atoms with Crippen molar-refractivity contribution in [3.63, 3.8) is 0 Å². The molecule has 0 saturated heterocycles. The highest BCUT2D eigenvalue weighted by atomic mass is 79.9. The van der Waals surface area contributed by atoms with Gasteiger partial charge in [-0.05, 0) is 18.2 Å². The molecular weight excluding hydrogens is 315 g/mol. The molecule has 0 unspecified atom stereocenters. The van der Waals surface area contributed by atoms with E-state index >= 15 is 0 Å². The first-order chi connectivity index (χ1) is 5.41. The Morgan fingerprint density at radius 1 is 1.23 bits per heavy atom. The smallest absolute Gasteiger partial charge is 0.399 e. The number of halogens is 5. The van der Waals surface area contributed by atoms with Crippen LogP contribution in [0.5, 0.6) is 0 Å². The summed E-state index contributed by atoms with van der Waals surface area (Å²) in [6.45, 7) is 0. The van der Waals surface area contributed by atoms with E-state index < -0.39 is 11.7 Å². The maximum atomic E-state index is 12.1. The van der Waals surface area contributed by atoms with Gasteiger partial charge < -0.3 is 5.73 Å². The molecule has 74 valence electrons. The van der Waals surface area contributed by atoms with Crippen LogP contribution in [0.1, 0.15) is 5.56 Å². The average molecular weight is 321 g/mol. The minimum atomic E-state index is -4.35. The third-order valence-corrected chi connectivity index (χ3v) is 1.99. The van der Waals surface area contributed by atoms with E-state index in [4.69, 9.17) is 5.73 Å². The molecule has 0 aliphatic heterocycles. The zero-order chi connectivity index (χ0) is 9.35. The van der Waals surface area contributed by atoms with Crippen LogP contribution in [0.25, 0.3) is 0 Å². The summed E-state index contributed by atoms with van der Waals surface area (Å²) >= 11 is 2.79. The van der Waals surface area contributed by atoms with Crippen molar-refractivity contribution in [2.75, 3.05) is 5.73 Å². The quantitative estimate of drug-likeness (QED) is 0.726. The molecule has 0 aliphatic carbocycles. The normalized spacial score (nSPS) is 10.8. The molecular formula is C7H6Br2F3N. The predicted octanol–water partition coefficient (Wildman–Crippen LogP) is 3.63. The van der Waals surface area contributed by atoms with E-state index in [1.165, 1.54) is 12.1 Å². The monoisotopic (exact) mass is 319 g/mol. The molecule has 0 atom stereocenters. The first kappa shape index (κ1) is 12.8. The Labute approximate surface area is 92.0 Å². The van der Waals surface area contributed by atoms with E-state index in [0.29, 0.717) is 0 Å². The van der Waals surface area contributed by atoms with Gasteiger partial charge in [0.1, 0.15) is 0 Å². The van der Waals surface area contributed by atoms with Crippen LogP contribution in [0.2, 0.25) is 0 Å². The molecule has 0 saturated carbocycles. The summed E-state index contributed by atoms with van der Waals surface area (Å²) in [5, 5.41) is 0. The number of nitrogens with two attached hydrogens (primary N) is 1. The molecule has 1 rings (SSSR count). The second kappa shape index (κ2) is 4.32. The average Bonchev–Trinajstić information content (AvgIpc) is 1.92. The highest BCUT2D eigenvalue weighted by Gasteiger charge is 2.32. The van der Waals surface area contributed by atoms with Crippen molar-refractivity contribution in [2.24, 2.45) is 0 Å². The van der Waals surface area contributed by atoms with Crippen molar-refractivity contribution in [1.29, 1.82) is 0 Å². The van der Waals surface area contributed by atoms with Gasteiger partial charge in [0, 0.05) is 10.2 Å². The van der Waals surface area contributed by atoms with Crippen LogP contribution in [-0.2, 0) is 6.18 Å². The molecule has 1 nitrogen and oxygen atoms in total. The summed E-state index contributed by atoms with van der Waals surface area (Å²) in [4.78, 5) is 0. The first-order valence-corrected chi connectivity index (χ1v) is 3.83. The largest absolute Gasteiger partial charge is 0.417 e. The number of hydrogen-bond donors (Lipinski definition) is 1. The zero-order valence-electron chi connectivity index (χ0n) is 6.23. The van der Waals surface area contributed by atoms with Crippen LogP contribution in [0.3, 0.4) is 0 Å².